The van der Waals surface area contributed by atoms with Gasteiger partial charge in [-0.05, 0) is 25.5 Å². The average Bonchev–Trinajstić information content (AvgIpc) is 2.48. The third kappa shape index (κ3) is 3.71. The van der Waals surface area contributed by atoms with Crippen molar-refractivity contribution in [2.75, 3.05) is 25.5 Å². The molecule has 1 atom stereocenters. The highest BCUT2D eigenvalue weighted by atomic mass is 32.2. The van der Waals surface area contributed by atoms with Gasteiger partial charge in [0.15, 0.2) is 11.5 Å². The van der Waals surface area contributed by atoms with Crippen LogP contribution in [0.15, 0.2) is 18.2 Å². The van der Waals surface area contributed by atoms with Crippen molar-refractivity contribution in [1.82, 2.24) is 4.90 Å². The van der Waals surface area contributed by atoms with E-state index in [0.717, 1.165) is 42.9 Å². The van der Waals surface area contributed by atoms with Crippen molar-refractivity contribution >= 4 is 10.0 Å². The number of hydrogen-bond acceptors (Lipinski definition) is 5. The Morgan fingerprint density at radius 2 is 2.05 bits per heavy atom. The Labute approximate surface area is 131 Å². The molecule has 0 aliphatic carbocycles. The van der Waals surface area contributed by atoms with E-state index >= 15 is 0 Å². The number of benzene rings is 1. The number of rotatable bonds is 4. The van der Waals surface area contributed by atoms with Crippen LogP contribution in [0.3, 0.4) is 0 Å². The molecule has 1 saturated heterocycles. The molecule has 0 radical (unpaired) electrons. The van der Waals surface area contributed by atoms with Crippen molar-refractivity contribution in [3.63, 3.8) is 0 Å². The average molecular weight is 326 g/mol. The molecule has 1 aromatic carbocycles. The van der Waals surface area contributed by atoms with E-state index in [4.69, 9.17) is 14.6 Å². The van der Waals surface area contributed by atoms with Gasteiger partial charge in [-0.3, -0.25) is 4.90 Å². The molecule has 0 saturated carbocycles. The first-order valence-corrected chi connectivity index (χ1v) is 9.36. The quantitative estimate of drug-likeness (QED) is 0.896. The van der Waals surface area contributed by atoms with Crippen LogP contribution in [0.4, 0.5) is 0 Å². The van der Waals surface area contributed by atoms with E-state index in [1.165, 1.54) is 0 Å². The zero-order chi connectivity index (χ0) is 15.6. The monoisotopic (exact) mass is 326 g/mol. The fraction of sp³-hybridized carbons (Fsp3) is 0.600. The molecule has 3 rings (SSSR count). The Morgan fingerprint density at radius 3 is 2.86 bits per heavy atom. The van der Waals surface area contributed by atoms with Crippen LogP contribution in [0.1, 0.15) is 24.8 Å². The maximum Gasteiger partial charge on any atom is 0.210 e. The molecular weight excluding hydrogens is 304 g/mol. The second kappa shape index (κ2) is 6.44. The lowest BCUT2D eigenvalue weighted by atomic mass is 10.0. The van der Waals surface area contributed by atoms with Crippen molar-refractivity contribution in [2.24, 2.45) is 5.14 Å². The van der Waals surface area contributed by atoms with Crippen molar-refractivity contribution in [3.05, 3.63) is 23.8 Å². The predicted octanol–water partition coefficient (Wildman–Crippen LogP) is 1.10. The normalized spacial score (nSPS) is 22.5. The number of para-hydroxylation sites is 1. The van der Waals surface area contributed by atoms with Gasteiger partial charge in [0.2, 0.25) is 10.0 Å². The minimum atomic E-state index is -3.46. The third-order valence-electron chi connectivity index (χ3n) is 4.19. The highest BCUT2D eigenvalue weighted by Gasteiger charge is 2.27. The maximum absolute atomic E-state index is 11.4. The number of likely N-dealkylation sites (tertiary alicyclic amines) is 1. The van der Waals surface area contributed by atoms with Gasteiger partial charge >= 0.3 is 0 Å². The van der Waals surface area contributed by atoms with Crippen LogP contribution in [-0.2, 0) is 16.6 Å². The maximum atomic E-state index is 11.4. The SMILES string of the molecule is NS(=O)(=O)CC1CCCCN1Cc1cccc2c1OCCO2. The molecule has 122 valence electrons. The molecule has 1 unspecified atom stereocenters. The van der Waals surface area contributed by atoms with E-state index in [9.17, 15) is 8.42 Å². The molecule has 1 fully saturated rings. The van der Waals surface area contributed by atoms with Crippen molar-refractivity contribution in [1.29, 1.82) is 0 Å². The van der Waals surface area contributed by atoms with Crippen molar-refractivity contribution in [2.45, 2.75) is 31.8 Å². The number of nitrogens with zero attached hydrogens (tertiary/aromatic N) is 1. The molecule has 6 nitrogen and oxygen atoms in total. The minimum absolute atomic E-state index is 0.0133. The van der Waals surface area contributed by atoms with E-state index in [1.54, 1.807) is 0 Å². The number of ether oxygens (including phenoxy) is 2. The minimum Gasteiger partial charge on any atom is -0.486 e. The number of piperidine rings is 1. The van der Waals surface area contributed by atoms with Gasteiger partial charge in [0, 0.05) is 18.2 Å². The molecule has 2 aliphatic heterocycles. The summed E-state index contributed by atoms with van der Waals surface area (Å²) in [6, 6.07) is 5.83. The summed E-state index contributed by atoms with van der Waals surface area (Å²) in [4.78, 5) is 2.20. The Morgan fingerprint density at radius 1 is 1.23 bits per heavy atom. The summed E-state index contributed by atoms with van der Waals surface area (Å²) in [5.41, 5.74) is 1.04. The number of hydrogen-bond donors (Lipinski definition) is 1. The molecule has 1 aromatic rings. The van der Waals surface area contributed by atoms with Crippen LogP contribution in [0.25, 0.3) is 0 Å². The highest BCUT2D eigenvalue weighted by molar-refractivity contribution is 7.89. The number of nitrogens with two attached hydrogens (primary N) is 1. The number of sulfonamides is 1. The molecule has 0 aromatic heterocycles. The first-order valence-electron chi connectivity index (χ1n) is 7.65. The summed E-state index contributed by atoms with van der Waals surface area (Å²) in [5.74, 6) is 1.57. The summed E-state index contributed by atoms with van der Waals surface area (Å²) in [6.45, 7) is 2.65. The number of primary sulfonamides is 1. The van der Waals surface area contributed by atoms with Gasteiger partial charge in [-0.25, -0.2) is 13.6 Å². The van der Waals surface area contributed by atoms with E-state index in [1.807, 2.05) is 18.2 Å². The van der Waals surface area contributed by atoms with Crippen LogP contribution in [0, 0.1) is 0 Å². The molecule has 0 spiro atoms. The summed E-state index contributed by atoms with van der Waals surface area (Å²) in [7, 11) is -3.46. The molecule has 2 N–H and O–H groups in total. The molecule has 2 heterocycles. The topological polar surface area (TPSA) is 81.9 Å². The van der Waals surface area contributed by atoms with E-state index < -0.39 is 10.0 Å². The lowest BCUT2D eigenvalue weighted by Gasteiger charge is -2.35. The Hall–Kier alpha value is -1.31. The van der Waals surface area contributed by atoms with Gasteiger partial charge in [0.25, 0.3) is 0 Å². The second-order valence-corrected chi connectivity index (χ2v) is 7.55. The van der Waals surface area contributed by atoms with Gasteiger partial charge in [-0.1, -0.05) is 18.6 Å². The smallest absolute Gasteiger partial charge is 0.210 e. The van der Waals surface area contributed by atoms with Crippen LogP contribution in [0.2, 0.25) is 0 Å². The Kier molecular flexibility index (Phi) is 4.56. The lowest BCUT2D eigenvalue weighted by Crippen LogP contribution is -2.44. The fourth-order valence-electron chi connectivity index (χ4n) is 3.20. The molecule has 22 heavy (non-hydrogen) atoms. The van der Waals surface area contributed by atoms with Gasteiger partial charge in [-0.15, -0.1) is 0 Å². The molecule has 2 aliphatic rings. The summed E-state index contributed by atoms with van der Waals surface area (Å²) in [6.07, 6.45) is 2.99. The fourth-order valence-corrected chi connectivity index (χ4v) is 4.12. The Balaban J connectivity index is 1.78. The van der Waals surface area contributed by atoms with Crippen LogP contribution in [0.5, 0.6) is 11.5 Å². The summed E-state index contributed by atoms with van der Waals surface area (Å²) >= 11 is 0. The summed E-state index contributed by atoms with van der Waals surface area (Å²) in [5, 5.41) is 5.23. The van der Waals surface area contributed by atoms with E-state index in [2.05, 4.69) is 4.90 Å². The van der Waals surface area contributed by atoms with Crippen LogP contribution < -0.4 is 14.6 Å². The second-order valence-electron chi connectivity index (χ2n) is 5.89. The van der Waals surface area contributed by atoms with Gasteiger partial charge < -0.3 is 9.47 Å². The van der Waals surface area contributed by atoms with Crippen LogP contribution in [-0.4, -0.2) is 44.9 Å². The van der Waals surface area contributed by atoms with Crippen LogP contribution >= 0.6 is 0 Å². The van der Waals surface area contributed by atoms with Gasteiger partial charge in [0.05, 0.1) is 5.75 Å². The Bertz CT molecular complexity index is 632. The van der Waals surface area contributed by atoms with Crippen molar-refractivity contribution < 1.29 is 17.9 Å². The highest BCUT2D eigenvalue weighted by Crippen LogP contribution is 2.35. The first kappa shape index (κ1) is 15.6. The lowest BCUT2D eigenvalue weighted by molar-refractivity contribution is 0.143. The standard InChI is InChI=1S/C15H22N2O4S/c16-22(18,19)11-13-5-1-2-7-17(13)10-12-4-3-6-14-15(12)21-9-8-20-14/h3-4,6,13H,1-2,5,7-11H2,(H2,16,18,19). The molecule has 7 heteroatoms. The van der Waals surface area contributed by atoms with E-state index in [-0.39, 0.29) is 11.8 Å². The number of fused-ring (bicyclic) bond motifs is 1. The third-order valence-corrected chi connectivity index (χ3v) is 5.04. The first-order chi connectivity index (χ1) is 10.5. The van der Waals surface area contributed by atoms with E-state index in [0.29, 0.717) is 19.8 Å². The van der Waals surface area contributed by atoms with Gasteiger partial charge in [-0.2, -0.15) is 0 Å². The molecule has 0 amide bonds. The molecule has 0 bridgehead atoms. The predicted molar refractivity (Wildman–Crippen MR) is 83.5 cm³/mol. The van der Waals surface area contributed by atoms with Gasteiger partial charge in [0.1, 0.15) is 13.2 Å². The zero-order valence-electron chi connectivity index (χ0n) is 12.5. The molecular formula is C15H22N2O4S. The zero-order valence-corrected chi connectivity index (χ0v) is 13.3. The largest absolute Gasteiger partial charge is 0.486 e. The van der Waals surface area contributed by atoms with Crippen molar-refractivity contribution in [3.8, 4) is 11.5 Å². The summed E-state index contributed by atoms with van der Waals surface area (Å²) < 4.78 is 34.2.